The zero-order valence-electron chi connectivity index (χ0n) is 12.0. The highest BCUT2D eigenvalue weighted by Crippen LogP contribution is 2.29. The highest BCUT2D eigenvalue weighted by atomic mass is 35.5. The van der Waals surface area contributed by atoms with Crippen LogP contribution in [0.25, 0.3) is 0 Å². The summed E-state index contributed by atoms with van der Waals surface area (Å²) in [7, 11) is 0. The second kappa shape index (κ2) is 7.42. The largest absolute Gasteiger partial charge is 0.486 e. The summed E-state index contributed by atoms with van der Waals surface area (Å²) in [6.07, 6.45) is 1.99. The molecule has 1 aliphatic rings. The van der Waals surface area contributed by atoms with E-state index in [1.54, 1.807) is 4.90 Å². The van der Waals surface area contributed by atoms with Crippen molar-refractivity contribution in [3.05, 3.63) is 33.3 Å². The van der Waals surface area contributed by atoms with Crippen LogP contribution in [0.4, 0.5) is 5.69 Å². The van der Waals surface area contributed by atoms with E-state index < -0.39 is 4.92 Å². The van der Waals surface area contributed by atoms with Crippen molar-refractivity contribution in [2.45, 2.75) is 25.3 Å². The highest BCUT2D eigenvalue weighted by Gasteiger charge is 2.21. The van der Waals surface area contributed by atoms with Crippen LogP contribution in [0.2, 0.25) is 5.02 Å². The Labute approximate surface area is 133 Å². The van der Waals surface area contributed by atoms with Crippen LogP contribution in [0, 0.1) is 10.1 Å². The Morgan fingerprint density at radius 2 is 2.32 bits per heavy atom. The first-order chi connectivity index (χ1) is 10.5. The van der Waals surface area contributed by atoms with Gasteiger partial charge >= 0.3 is 5.69 Å². The molecule has 8 heteroatoms. The Bertz CT molecular complexity index is 567. The van der Waals surface area contributed by atoms with Gasteiger partial charge in [-0.3, -0.25) is 14.9 Å². The number of nitro groups is 1. The molecule has 0 spiro atoms. The third-order valence-corrected chi connectivity index (χ3v) is 3.74. The maximum atomic E-state index is 12.0. The number of rotatable bonds is 5. The Morgan fingerprint density at radius 1 is 1.55 bits per heavy atom. The van der Waals surface area contributed by atoms with E-state index in [4.69, 9.17) is 22.1 Å². The minimum absolute atomic E-state index is 0.0240. The van der Waals surface area contributed by atoms with Gasteiger partial charge in [0.1, 0.15) is 0 Å². The van der Waals surface area contributed by atoms with Crippen LogP contribution in [0.1, 0.15) is 19.3 Å². The molecule has 1 aromatic rings. The summed E-state index contributed by atoms with van der Waals surface area (Å²) in [5.74, 6) is 0.0595. The number of carbonyl (C=O) groups is 1. The lowest BCUT2D eigenvalue weighted by atomic mass is 10.1. The molecule has 22 heavy (non-hydrogen) atoms. The fourth-order valence-corrected chi connectivity index (χ4v) is 2.56. The van der Waals surface area contributed by atoms with E-state index in [1.165, 1.54) is 18.2 Å². The van der Waals surface area contributed by atoms with Crippen LogP contribution < -0.4 is 10.5 Å². The Kier molecular flexibility index (Phi) is 5.57. The van der Waals surface area contributed by atoms with Crippen LogP contribution >= 0.6 is 11.6 Å². The smallest absolute Gasteiger partial charge is 0.312 e. The van der Waals surface area contributed by atoms with Crippen molar-refractivity contribution in [2.75, 3.05) is 19.7 Å². The lowest BCUT2D eigenvalue weighted by Crippen LogP contribution is -2.46. The Hall–Kier alpha value is -1.86. The van der Waals surface area contributed by atoms with Gasteiger partial charge in [-0.15, -0.1) is 0 Å². The SMILES string of the molecule is NC1CCCN(C(=O)CCOc2ccc(Cl)cc2[N+](=O)[O-])C1. The van der Waals surface area contributed by atoms with Gasteiger partial charge in [0.15, 0.2) is 5.75 Å². The van der Waals surface area contributed by atoms with Crippen LogP contribution in [0.3, 0.4) is 0 Å². The number of nitrogens with zero attached hydrogens (tertiary/aromatic N) is 2. The number of amides is 1. The lowest BCUT2D eigenvalue weighted by Gasteiger charge is -2.30. The summed E-state index contributed by atoms with van der Waals surface area (Å²) in [4.78, 5) is 24.1. The number of hydrogen-bond acceptors (Lipinski definition) is 5. The molecular weight excluding hydrogens is 310 g/mol. The molecule has 2 rings (SSSR count). The van der Waals surface area contributed by atoms with E-state index in [0.717, 1.165) is 12.8 Å². The van der Waals surface area contributed by atoms with Crippen LogP contribution in [-0.2, 0) is 4.79 Å². The molecule has 1 heterocycles. The molecule has 0 aliphatic carbocycles. The highest BCUT2D eigenvalue weighted by molar-refractivity contribution is 6.30. The maximum absolute atomic E-state index is 12.0. The van der Waals surface area contributed by atoms with Gasteiger partial charge in [0.2, 0.25) is 5.91 Å². The first-order valence-electron chi connectivity index (χ1n) is 7.07. The minimum atomic E-state index is -0.563. The van der Waals surface area contributed by atoms with Crippen LogP contribution in [0.15, 0.2) is 18.2 Å². The number of likely N-dealkylation sites (tertiary alicyclic amines) is 1. The molecule has 0 saturated carbocycles. The van der Waals surface area contributed by atoms with Crippen molar-refractivity contribution in [1.82, 2.24) is 4.90 Å². The molecule has 0 radical (unpaired) electrons. The molecule has 1 atom stereocenters. The zero-order valence-corrected chi connectivity index (χ0v) is 12.8. The van der Waals surface area contributed by atoms with Crippen molar-refractivity contribution >= 4 is 23.2 Å². The van der Waals surface area contributed by atoms with Gasteiger partial charge in [0, 0.05) is 30.2 Å². The zero-order chi connectivity index (χ0) is 16.1. The first-order valence-corrected chi connectivity index (χ1v) is 7.45. The van der Waals surface area contributed by atoms with Crippen molar-refractivity contribution in [3.8, 4) is 5.75 Å². The Balaban J connectivity index is 1.88. The number of halogens is 1. The topological polar surface area (TPSA) is 98.7 Å². The number of carbonyl (C=O) groups excluding carboxylic acids is 1. The average molecular weight is 328 g/mol. The van der Waals surface area contributed by atoms with E-state index in [2.05, 4.69) is 0 Å². The van der Waals surface area contributed by atoms with Gasteiger partial charge in [-0.1, -0.05) is 11.6 Å². The van der Waals surface area contributed by atoms with Crippen LogP contribution in [0.5, 0.6) is 5.75 Å². The second-order valence-corrected chi connectivity index (χ2v) is 5.65. The third kappa shape index (κ3) is 4.32. The standard InChI is InChI=1S/C14H18ClN3O4/c15-10-3-4-13(12(8-10)18(20)21)22-7-5-14(19)17-6-1-2-11(16)9-17/h3-4,8,11H,1-2,5-7,9,16H2. The van der Waals surface area contributed by atoms with E-state index in [9.17, 15) is 14.9 Å². The normalized spacial score (nSPS) is 18.1. The summed E-state index contributed by atoms with van der Waals surface area (Å²) < 4.78 is 5.36. The number of piperidine rings is 1. The monoisotopic (exact) mass is 327 g/mol. The van der Waals surface area contributed by atoms with Crippen molar-refractivity contribution in [2.24, 2.45) is 5.73 Å². The summed E-state index contributed by atoms with van der Waals surface area (Å²) >= 11 is 5.73. The fourth-order valence-electron chi connectivity index (χ4n) is 2.40. The van der Waals surface area contributed by atoms with Crippen molar-refractivity contribution in [3.63, 3.8) is 0 Å². The van der Waals surface area contributed by atoms with E-state index in [0.29, 0.717) is 13.1 Å². The minimum Gasteiger partial charge on any atom is -0.486 e. The van der Waals surface area contributed by atoms with Gasteiger partial charge in [0.25, 0.3) is 0 Å². The maximum Gasteiger partial charge on any atom is 0.312 e. The molecule has 1 aromatic carbocycles. The molecule has 1 amide bonds. The molecule has 0 aromatic heterocycles. The Morgan fingerprint density at radius 3 is 3.00 bits per heavy atom. The number of ether oxygens (including phenoxy) is 1. The summed E-state index contributed by atoms with van der Waals surface area (Å²) in [5, 5.41) is 11.2. The second-order valence-electron chi connectivity index (χ2n) is 5.21. The van der Waals surface area contributed by atoms with Gasteiger partial charge in [-0.05, 0) is 25.0 Å². The molecule has 7 nitrogen and oxygen atoms in total. The van der Waals surface area contributed by atoms with Crippen molar-refractivity contribution < 1.29 is 14.5 Å². The molecule has 120 valence electrons. The molecule has 1 aliphatic heterocycles. The fraction of sp³-hybridized carbons (Fsp3) is 0.500. The number of nitro benzene ring substituents is 1. The quantitative estimate of drug-likeness (QED) is 0.658. The van der Waals surface area contributed by atoms with E-state index in [1.807, 2.05) is 0 Å². The molecule has 0 bridgehead atoms. The van der Waals surface area contributed by atoms with E-state index in [-0.39, 0.29) is 41.4 Å². The molecular formula is C14H18ClN3O4. The van der Waals surface area contributed by atoms with Crippen molar-refractivity contribution in [1.29, 1.82) is 0 Å². The van der Waals surface area contributed by atoms with Gasteiger partial charge in [0.05, 0.1) is 18.0 Å². The predicted molar refractivity (Wildman–Crippen MR) is 82.0 cm³/mol. The molecule has 1 unspecified atom stereocenters. The lowest BCUT2D eigenvalue weighted by molar-refractivity contribution is -0.385. The first kappa shape index (κ1) is 16.5. The summed E-state index contributed by atoms with van der Waals surface area (Å²) in [5.41, 5.74) is 5.63. The average Bonchev–Trinajstić information content (AvgIpc) is 2.48. The molecule has 1 saturated heterocycles. The predicted octanol–water partition coefficient (Wildman–Crippen LogP) is 1.97. The number of nitrogens with two attached hydrogens (primary N) is 1. The molecule has 1 fully saturated rings. The van der Waals surface area contributed by atoms with Gasteiger partial charge < -0.3 is 15.4 Å². The summed E-state index contributed by atoms with van der Waals surface area (Å²) in [6, 6.07) is 4.19. The third-order valence-electron chi connectivity index (χ3n) is 3.50. The van der Waals surface area contributed by atoms with Gasteiger partial charge in [-0.25, -0.2) is 0 Å². The van der Waals surface area contributed by atoms with Gasteiger partial charge in [-0.2, -0.15) is 0 Å². The number of benzene rings is 1. The number of hydrogen-bond donors (Lipinski definition) is 1. The molecule has 2 N–H and O–H groups in total. The van der Waals surface area contributed by atoms with E-state index >= 15 is 0 Å². The van der Waals surface area contributed by atoms with Crippen LogP contribution in [-0.4, -0.2) is 41.5 Å². The summed E-state index contributed by atoms with van der Waals surface area (Å²) in [6.45, 7) is 1.33.